The lowest BCUT2D eigenvalue weighted by Crippen LogP contribution is -2.11. The molecule has 0 unspecified atom stereocenters. The topological polar surface area (TPSA) is 42.7 Å². The van der Waals surface area contributed by atoms with Gasteiger partial charge < -0.3 is 9.88 Å². The molecule has 2 rings (SSSR count). The molecule has 0 amide bonds. The fourth-order valence-corrected chi connectivity index (χ4v) is 1.54. The van der Waals surface area contributed by atoms with Crippen molar-refractivity contribution in [2.75, 3.05) is 6.54 Å². The van der Waals surface area contributed by atoms with E-state index in [2.05, 4.69) is 33.0 Å². The molecule has 4 heteroatoms. The smallest absolute Gasteiger partial charge is 0.0953 e. The van der Waals surface area contributed by atoms with E-state index in [0.717, 1.165) is 25.3 Å². The zero-order valence-electron chi connectivity index (χ0n) is 9.43. The minimum Gasteiger partial charge on any atom is -0.333 e. The van der Waals surface area contributed by atoms with Crippen LogP contribution < -0.4 is 5.32 Å². The van der Waals surface area contributed by atoms with Crippen LogP contribution in [0.15, 0.2) is 37.1 Å². The van der Waals surface area contributed by atoms with Crippen LogP contribution in [0.3, 0.4) is 0 Å². The first-order valence-corrected chi connectivity index (χ1v) is 5.48. The van der Waals surface area contributed by atoms with Gasteiger partial charge in [0.2, 0.25) is 0 Å². The zero-order chi connectivity index (χ0) is 11.2. The summed E-state index contributed by atoms with van der Waals surface area (Å²) in [5.41, 5.74) is 2.32. The third kappa shape index (κ3) is 2.90. The van der Waals surface area contributed by atoms with E-state index in [4.69, 9.17) is 0 Å². The van der Waals surface area contributed by atoms with E-state index in [1.54, 1.807) is 0 Å². The lowest BCUT2D eigenvalue weighted by atomic mass is 10.3. The van der Waals surface area contributed by atoms with Gasteiger partial charge in [0, 0.05) is 31.7 Å². The van der Waals surface area contributed by atoms with Crippen molar-refractivity contribution >= 4 is 0 Å². The fraction of sp³-hybridized carbons (Fsp3) is 0.333. The average molecular weight is 216 g/mol. The number of pyridine rings is 1. The summed E-state index contributed by atoms with van der Waals surface area (Å²) in [6, 6.07) is 4.04. The molecular formula is C12H16N4. The van der Waals surface area contributed by atoms with Crippen molar-refractivity contribution in [3.05, 3.63) is 48.3 Å². The summed E-state index contributed by atoms with van der Waals surface area (Å²) >= 11 is 0. The standard InChI is InChI=1S/C12H16N4/c1-2-13-7-12-9-16(10-15-12)8-11-3-5-14-6-4-11/h3-6,9-10,13H,2,7-8H2,1H3. The molecule has 0 aliphatic rings. The van der Waals surface area contributed by atoms with Gasteiger partial charge in [-0.2, -0.15) is 0 Å². The van der Waals surface area contributed by atoms with Crippen LogP contribution in [-0.4, -0.2) is 21.1 Å². The van der Waals surface area contributed by atoms with Gasteiger partial charge in [-0.15, -0.1) is 0 Å². The minimum atomic E-state index is 0.833. The molecule has 0 aliphatic heterocycles. The Labute approximate surface area is 95.4 Å². The third-order valence-corrected chi connectivity index (χ3v) is 2.36. The summed E-state index contributed by atoms with van der Waals surface area (Å²) in [6.07, 6.45) is 7.56. The van der Waals surface area contributed by atoms with Gasteiger partial charge >= 0.3 is 0 Å². The molecule has 0 saturated carbocycles. The Morgan fingerprint density at radius 2 is 2.12 bits per heavy atom. The average Bonchev–Trinajstić information content (AvgIpc) is 2.75. The molecule has 2 aromatic heterocycles. The number of hydrogen-bond donors (Lipinski definition) is 1. The van der Waals surface area contributed by atoms with Crippen molar-refractivity contribution in [3.8, 4) is 0 Å². The van der Waals surface area contributed by atoms with Gasteiger partial charge in [-0.3, -0.25) is 4.98 Å². The van der Waals surface area contributed by atoms with Crippen LogP contribution in [-0.2, 0) is 13.1 Å². The fourth-order valence-electron chi connectivity index (χ4n) is 1.54. The van der Waals surface area contributed by atoms with Gasteiger partial charge in [-0.25, -0.2) is 4.98 Å². The van der Waals surface area contributed by atoms with Crippen LogP contribution in [0.25, 0.3) is 0 Å². The van der Waals surface area contributed by atoms with Crippen LogP contribution in [0.4, 0.5) is 0 Å². The lowest BCUT2D eigenvalue weighted by Gasteiger charge is -2.01. The molecule has 0 radical (unpaired) electrons. The van der Waals surface area contributed by atoms with Crippen LogP contribution in [0.5, 0.6) is 0 Å². The van der Waals surface area contributed by atoms with E-state index in [1.807, 2.05) is 30.9 Å². The van der Waals surface area contributed by atoms with E-state index >= 15 is 0 Å². The minimum absolute atomic E-state index is 0.833. The number of imidazole rings is 1. The first-order chi connectivity index (χ1) is 7.88. The molecule has 2 aromatic rings. The van der Waals surface area contributed by atoms with E-state index in [-0.39, 0.29) is 0 Å². The molecule has 0 saturated heterocycles. The molecular weight excluding hydrogens is 200 g/mol. The Kier molecular flexibility index (Phi) is 3.66. The first-order valence-electron chi connectivity index (χ1n) is 5.48. The molecule has 0 aromatic carbocycles. The molecule has 0 atom stereocenters. The van der Waals surface area contributed by atoms with Crippen molar-refractivity contribution in [1.82, 2.24) is 19.9 Å². The SMILES string of the molecule is CCNCc1cn(Cc2ccncc2)cn1. The van der Waals surface area contributed by atoms with Gasteiger partial charge in [0.1, 0.15) is 0 Å². The quantitative estimate of drug-likeness (QED) is 0.822. The lowest BCUT2D eigenvalue weighted by molar-refractivity contribution is 0.712. The highest BCUT2D eigenvalue weighted by Crippen LogP contribution is 2.02. The highest BCUT2D eigenvalue weighted by molar-refractivity contribution is 5.11. The second kappa shape index (κ2) is 5.42. The molecule has 0 fully saturated rings. The maximum Gasteiger partial charge on any atom is 0.0953 e. The van der Waals surface area contributed by atoms with E-state index < -0.39 is 0 Å². The highest BCUT2D eigenvalue weighted by atomic mass is 15.0. The molecule has 84 valence electrons. The van der Waals surface area contributed by atoms with Gasteiger partial charge in [0.15, 0.2) is 0 Å². The van der Waals surface area contributed by atoms with Gasteiger partial charge in [0.05, 0.1) is 12.0 Å². The number of nitrogens with one attached hydrogen (secondary N) is 1. The summed E-state index contributed by atoms with van der Waals surface area (Å²) in [7, 11) is 0. The summed E-state index contributed by atoms with van der Waals surface area (Å²) in [5.74, 6) is 0. The number of rotatable bonds is 5. The summed E-state index contributed by atoms with van der Waals surface area (Å²) < 4.78 is 2.09. The third-order valence-electron chi connectivity index (χ3n) is 2.36. The second-order valence-corrected chi connectivity index (χ2v) is 3.67. The maximum absolute atomic E-state index is 4.33. The molecule has 1 N–H and O–H groups in total. The number of hydrogen-bond acceptors (Lipinski definition) is 3. The van der Waals surface area contributed by atoms with Crippen molar-refractivity contribution in [2.45, 2.75) is 20.0 Å². The predicted molar refractivity (Wildman–Crippen MR) is 62.9 cm³/mol. The first kappa shape index (κ1) is 10.8. The predicted octanol–water partition coefficient (Wildman–Crippen LogP) is 1.44. The Morgan fingerprint density at radius 1 is 1.31 bits per heavy atom. The molecule has 4 nitrogen and oxygen atoms in total. The van der Waals surface area contributed by atoms with Crippen molar-refractivity contribution in [3.63, 3.8) is 0 Å². The molecule has 0 bridgehead atoms. The Hall–Kier alpha value is -1.68. The van der Waals surface area contributed by atoms with Gasteiger partial charge in [0.25, 0.3) is 0 Å². The van der Waals surface area contributed by atoms with E-state index in [0.29, 0.717) is 0 Å². The normalized spacial score (nSPS) is 10.6. The van der Waals surface area contributed by atoms with Crippen molar-refractivity contribution < 1.29 is 0 Å². The van der Waals surface area contributed by atoms with Crippen molar-refractivity contribution in [1.29, 1.82) is 0 Å². The molecule has 0 spiro atoms. The summed E-state index contributed by atoms with van der Waals surface area (Å²) in [4.78, 5) is 8.33. The monoisotopic (exact) mass is 216 g/mol. The van der Waals surface area contributed by atoms with Crippen molar-refractivity contribution in [2.24, 2.45) is 0 Å². The summed E-state index contributed by atoms with van der Waals surface area (Å²) in [5, 5.41) is 3.26. The number of nitrogens with zero attached hydrogens (tertiary/aromatic N) is 3. The van der Waals surface area contributed by atoms with Gasteiger partial charge in [-0.1, -0.05) is 6.92 Å². The maximum atomic E-state index is 4.33. The Bertz CT molecular complexity index is 422. The Morgan fingerprint density at radius 3 is 2.88 bits per heavy atom. The van der Waals surface area contributed by atoms with Crippen LogP contribution >= 0.6 is 0 Å². The van der Waals surface area contributed by atoms with Crippen LogP contribution in [0.1, 0.15) is 18.2 Å². The largest absolute Gasteiger partial charge is 0.333 e. The molecule has 0 aliphatic carbocycles. The molecule has 2 heterocycles. The van der Waals surface area contributed by atoms with Gasteiger partial charge in [-0.05, 0) is 24.2 Å². The van der Waals surface area contributed by atoms with Crippen LogP contribution in [0, 0.1) is 0 Å². The molecule has 16 heavy (non-hydrogen) atoms. The number of aromatic nitrogens is 3. The summed E-state index contributed by atoms with van der Waals surface area (Å²) in [6.45, 7) is 4.74. The van der Waals surface area contributed by atoms with Crippen LogP contribution in [0.2, 0.25) is 0 Å². The second-order valence-electron chi connectivity index (χ2n) is 3.67. The van der Waals surface area contributed by atoms with E-state index in [9.17, 15) is 0 Å². The van der Waals surface area contributed by atoms with E-state index in [1.165, 1.54) is 5.56 Å². The zero-order valence-corrected chi connectivity index (χ0v) is 9.43. The highest BCUT2D eigenvalue weighted by Gasteiger charge is 1.98. The Balaban J connectivity index is 1.97.